The Morgan fingerprint density at radius 1 is 0.500 bits per heavy atom. The van der Waals surface area contributed by atoms with E-state index in [0.717, 1.165) is 0 Å². The molecule has 0 unspecified atom stereocenters. The number of hydrogen-bond donors (Lipinski definition) is 0. The van der Waals surface area contributed by atoms with E-state index in [1.807, 2.05) is 0 Å². The van der Waals surface area contributed by atoms with Crippen molar-refractivity contribution in [2.75, 3.05) is 0 Å². The van der Waals surface area contributed by atoms with E-state index in [1.165, 1.54) is 38.5 Å². The molecule has 0 saturated heterocycles. The molecule has 0 aromatic carbocycles. The second-order valence-corrected chi connectivity index (χ2v) is 2.12. The Kier molecular flexibility index (Phi) is 6.20. The zero-order chi connectivity index (χ0) is 6.24. The van der Waals surface area contributed by atoms with Gasteiger partial charge in [-0.1, -0.05) is 38.5 Å². The summed E-state index contributed by atoms with van der Waals surface area (Å²) in [6.45, 7) is 0. The van der Waals surface area contributed by atoms with Gasteiger partial charge in [0.2, 0.25) is 0 Å². The van der Waals surface area contributed by atoms with Crippen LogP contribution in [0.3, 0.4) is 0 Å². The quantitative estimate of drug-likeness (QED) is 0.420. The monoisotopic (exact) mass is 110 g/mol. The fourth-order valence-electron chi connectivity index (χ4n) is 1.06. The van der Waals surface area contributed by atoms with E-state index in [0.29, 0.717) is 0 Å². The van der Waals surface area contributed by atoms with Gasteiger partial charge >= 0.3 is 0 Å². The first-order valence-electron chi connectivity index (χ1n) is 3.33. The van der Waals surface area contributed by atoms with Crippen molar-refractivity contribution in [3.05, 3.63) is 0 Å². The Morgan fingerprint density at radius 2 is 0.625 bits per heavy atom. The molecule has 8 heavy (non-hydrogen) atoms. The highest BCUT2D eigenvalue weighted by molar-refractivity contribution is 4.51. The van der Waals surface area contributed by atoms with Crippen LogP contribution < -0.4 is 0 Å². The predicted octanol–water partition coefficient (Wildman–Crippen LogP) is 2.59. The normalized spacial score (nSPS) is 18.2. The summed E-state index contributed by atoms with van der Waals surface area (Å²) in [5, 5.41) is 0. The first-order chi connectivity index (χ1) is 4.00. The summed E-state index contributed by atoms with van der Waals surface area (Å²) >= 11 is 0. The Bertz CT molecular complexity index is 36.8. The minimum atomic E-state index is 1.50. The van der Waals surface area contributed by atoms with Gasteiger partial charge in [0.1, 0.15) is 0 Å². The van der Waals surface area contributed by atoms with Crippen LogP contribution in [-0.2, 0) is 0 Å². The van der Waals surface area contributed by atoms with E-state index >= 15 is 0 Å². The van der Waals surface area contributed by atoms with Crippen molar-refractivity contribution in [2.24, 2.45) is 0 Å². The van der Waals surface area contributed by atoms with E-state index in [-0.39, 0.29) is 0 Å². The average Bonchev–Trinajstić information content (AvgIpc) is 1.96. The van der Waals surface area contributed by atoms with Crippen molar-refractivity contribution in [1.29, 1.82) is 0 Å². The summed E-state index contributed by atoms with van der Waals surface area (Å²) in [7, 11) is 0. The fourth-order valence-corrected chi connectivity index (χ4v) is 1.06. The smallest absolute Gasteiger partial charge is 0.0533 e. The van der Waals surface area contributed by atoms with Crippen LogP contribution >= 0.6 is 0 Å². The fraction of sp³-hybridized carbons (Fsp3) is 0.750. The van der Waals surface area contributed by atoms with Crippen molar-refractivity contribution in [3.8, 4) is 12.8 Å². The maximum atomic E-state index is 4.00. The number of rotatable bonds is 0. The van der Waals surface area contributed by atoms with Crippen LogP contribution in [0.1, 0.15) is 38.5 Å². The van der Waals surface area contributed by atoms with E-state index in [1.54, 1.807) is 0 Å². The van der Waals surface area contributed by atoms with Gasteiger partial charge in [-0.15, -0.1) is 12.8 Å². The topological polar surface area (TPSA) is 0 Å². The van der Waals surface area contributed by atoms with Crippen LogP contribution in [0.5, 0.6) is 0 Å². The highest BCUT2D eigenvalue weighted by Gasteiger charge is 1.95. The van der Waals surface area contributed by atoms with Gasteiger partial charge in [-0.3, -0.25) is 0 Å². The number of hydrogen-bond acceptors (Lipinski definition) is 0. The van der Waals surface area contributed by atoms with E-state index in [4.69, 9.17) is 0 Å². The van der Waals surface area contributed by atoms with E-state index < -0.39 is 0 Å². The molecule has 1 rings (SSSR count). The summed E-state index contributed by atoms with van der Waals surface area (Å²) in [6.07, 6.45) is 17.0. The van der Waals surface area contributed by atoms with Gasteiger partial charge in [0.05, 0.1) is 0 Å². The van der Waals surface area contributed by atoms with Crippen molar-refractivity contribution in [1.82, 2.24) is 0 Å². The number of terminal acetylenes is 1. The van der Waals surface area contributed by atoms with Crippen LogP contribution in [0.25, 0.3) is 0 Å². The molecule has 0 spiro atoms. The predicted molar refractivity (Wildman–Crippen MR) is 37.6 cm³/mol. The summed E-state index contributed by atoms with van der Waals surface area (Å²) in [6, 6.07) is 0. The third-order valence-corrected chi connectivity index (χ3v) is 1.50. The zero-order valence-electron chi connectivity index (χ0n) is 5.40. The van der Waals surface area contributed by atoms with Gasteiger partial charge in [-0.05, 0) is 0 Å². The van der Waals surface area contributed by atoms with Gasteiger partial charge in [0, 0.05) is 0 Å². The molecule has 0 amide bonds. The Hall–Kier alpha value is -0.440. The molecule has 0 N–H and O–H groups in total. The van der Waals surface area contributed by atoms with Crippen molar-refractivity contribution < 1.29 is 0 Å². The molecule has 0 bridgehead atoms. The molecule has 0 heteroatoms. The van der Waals surface area contributed by atoms with Crippen molar-refractivity contribution in [2.45, 2.75) is 38.5 Å². The molecular formula is C8H14. The Labute approximate surface area is 52.3 Å². The van der Waals surface area contributed by atoms with Crippen LogP contribution in [0.2, 0.25) is 0 Å². The summed E-state index contributed by atoms with van der Waals surface area (Å²) in [5.74, 6) is 0. The lowest BCUT2D eigenvalue weighted by Crippen LogP contribution is -1.85. The molecule has 0 nitrogen and oxygen atoms in total. The first kappa shape index (κ1) is 7.56. The third kappa shape index (κ3) is 3.74. The minimum Gasteiger partial charge on any atom is -0.124 e. The second kappa shape index (κ2) is 6.56. The molecule has 46 valence electrons. The van der Waals surface area contributed by atoms with Gasteiger partial charge in [0.15, 0.2) is 0 Å². The van der Waals surface area contributed by atoms with Crippen LogP contribution in [0.4, 0.5) is 0 Å². The molecule has 0 aliphatic heterocycles. The second-order valence-electron chi connectivity index (χ2n) is 2.12. The maximum Gasteiger partial charge on any atom is -0.0533 e. The van der Waals surface area contributed by atoms with Crippen LogP contribution in [0.15, 0.2) is 0 Å². The molecule has 1 saturated carbocycles. The lowest BCUT2D eigenvalue weighted by atomic mass is 10.0. The summed E-state index contributed by atoms with van der Waals surface area (Å²) in [4.78, 5) is 0. The van der Waals surface area contributed by atoms with Gasteiger partial charge in [0.25, 0.3) is 0 Å². The third-order valence-electron chi connectivity index (χ3n) is 1.50. The molecule has 0 radical (unpaired) electrons. The standard InChI is InChI=1S/C6H12.C2H2/c1-2-4-6-5-3-1;1-2/h1-6H2;1-2H. The van der Waals surface area contributed by atoms with Gasteiger partial charge in [-0.2, -0.15) is 0 Å². The maximum absolute atomic E-state index is 4.00. The average molecular weight is 110 g/mol. The molecule has 1 aliphatic carbocycles. The van der Waals surface area contributed by atoms with Crippen LogP contribution in [-0.4, -0.2) is 0 Å². The minimum absolute atomic E-state index is 1.50. The highest BCUT2D eigenvalue weighted by Crippen LogP contribution is 2.15. The van der Waals surface area contributed by atoms with E-state index in [9.17, 15) is 0 Å². The van der Waals surface area contributed by atoms with Crippen LogP contribution in [0, 0.1) is 12.8 Å². The molecular weight excluding hydrogens is 96.1 g/mol. The molecule has 1 aliphatic rings. The van der Waals surface area contributed by atoms with Gasteiger partial charge < -0.3 is 0 Å². The lowest BCUT2D eigenvalue weighted by Gasteiger charge is -2.05. The zero-order valence-corrected chi connectivity index (χ0v) is 5.40. The lowest BCUT2D eigenvalue weighted by molar-refractivity contribution is 0.504. The van der Waals surface area contributed by atoms with E-state index in [2.05, 4.69) is 12.8 Å². The molecule has 1 fully saturated rings. The molecule has 0 heterocycles. The van der Waals surface area contributed by atoms with Crippen molar-refractivity contribution >= 4 is 0 Å². The summed E-state index contributed by atoms with van der Waals surface area (Å²) in [5.41, 5.74) is 0. The largest absolute Gasteiger partial charge is 0.124 e. The summed E-state index contributed by atoms with van der Waals surface area (Å²) < 4.78 is 0. The molecule has 0 aromatic rings. The SMILES string of the molecule is C#C.C1CCCCC1. The Balaban J connectivity index is 0.000000222. The van der Waals surface area contributed by atoms with Gasteiger partial charge in [-0.25, -0.2) is 0 Å². The first-order valence-corrected chi connectivity index (χ1v) is 3.33. The Morgan fingerprint density at radius 3 is 0.750 bits per heavy atom. The highest BCUT2D eigenvalue weighted by atomic mass is 14.0. The molecule has 0 aromatic heterocycles. The van der Waals surface area contributed by atoms with Crippen molar-refractivity contribution in [3.63, 3.8) is 0 Å². The molecule has 0 atom stereocenters.